The van der Waals surface area contributed by atoms with Gasteiger partial charge < -0.3 is 5.73 Å². The van der Waals surface area contributed by atoms with Gasteiger partial charge in [0.1, 0.15) is 6.04 Å². The minimum atomic E-state index is -3.88. The van der Waals surface area contributed by atoms with Gasteiger partial charge in [-0.3, -0.25) is 21.1 Å². The Bertz CT molecular complexity index is 882. The van der Waals surface area contributed by atoms with E-state index in [0.29, 0.717) is 12.8 Å². The molecule has 8 nitrogen and oxygen atoms in total. The summed E-state index contributed by atoms with van der Waals surface area (Å²) in [5.74, 6) is -1.05. The van der Waals surface area contributed by atoms with Gasteiger partial charge in [-0.05, 0) is 29.3 Å². The summed E-state index contributed by atoms with van der Waals surface area (Å²) in [4.78, 5) is 12.2. The molecule has 0 bridgehead atoms. The van der Waals surface area contributed by atoms with Crippen molar-refractivity contribution in [3.8, 4) is 0 Å². The molecule has 0 fully saturated rings. The van der Waals surface area contributed by atoms with Gasteiger partial charge >= 0.3 is 0 Å². The van der Waals surface area contributed by atoms with E-state index in [1.165, 1.54) is 6.07 Å². The molecule has 0 unspecified atom stereocenters. The number of carbonyl (C=O) groups is 1. The Labute approximate surface area is 146 Å². The first-order valence-electron chi connectivity index (χ1n) is 7.74. The molecule has 0 aliphatic heterocycles. The first-order chi connectivity index (χ1) is 11.8. The van der Waals surface area contributed by atoms with Crippen molar-refractivity contribution in [2.75, 3.05) is 0 Å². The van der Waals surface area contributed by atoms with Crippen LogP contribution in [0.3, 0.4) is 0 Å². The van der Waals surface area contributed by atoms with Crippen LogP contribution in [-0.2, 0) is 14.8 Å². The molecule has 1 atom stereocenters. The van der Waals surface area contributed by atoms with Gasteiger partial charge in [-0.2, -0.15) is 4.72 Å². The molecular weight excluding hydrogens is 342 g/mol. The van der Waals surface area contributed by atoms with Crippen LogP contribution in [0.4, 0.5) is 0 Å². The van der Waals surface area contributed by atoms with Crippen LogP contribution >= 0.6 is 0 Å². The SMILES string of the molecule is CCC[C@H](NS(=O)(=O)c1ccc2ccccc2c1)C(=O)NNC(=N)N. The van der Waals surface area contributed by atoms with E-state index in [-0.39, 0.29) is 4.90 Å². The molecule has 0 aliphatic carbocycles. The maximum absolute atomic E-state index is 12.6. The van der Waals surface area contributed by atoms with Crippen molar-refractivity contribution < 1.29 is 13.2 Å². The summed E-state index contributed by atoms with van der Waals surface area (Å²) in [5, 5.41) is 8.75. The highest BCUT2D eigenvalue weighted by Gasteiger charge is 2.25. The minimum Gasteiger partial charge on any atom is -0.369 e. The van der Waals surface area contributed by atoms with Gasteiger partial charge in [0.15, 0.2) is 0 Å². The molecule has 25 heavy (non-hydrogen) atoms. The Kier molecular flexibility index (Phi) is 5.94. The van der Waals surface area contributed by atoms with Crippen LogP contribution in [0.1, 0.15) is 19.8 Å². The number of sulfonamides is 1. The zero-order chi connectivity index (χ0) is 18.4. The number of hydrazine groups is 1. The van der Waals surface area contributed by atoms with Crippen LogP contribution in [0.25, 0.3) is 10.8 Å². The van der Waals surface area contributed by atoms with E-state index in [2.05, 4.69) is 15.6 Å². The van der Waals surface area contributed by atoms with Gasteiger partial charge in [-0.1, -0.05) is 43.7 Å². The minimum absolute atomic E-state index is 0.0830. The molecule has 9 heteroatoms. The maximum Gasteiger partial charge on any atom is 0.256 e. The standard InChI is InChI=1S/C16H21N5O3S/c1-2-5-14(15(22)19-20-16(17)18)21-25(23,24)13-9-8-11-6-3-4-7-12(11)10-13/h3-4,6-10,14,21H,2,5H2,1H3,(H,19,22)(H4,17,18,20)/t14-/m0/s1. The third kappa shape index (κ3) is 4.91. The van der Waals surface area contributed by atoms with Gasteiger partial charge in [0, 0.05) is 0 Å². The molecule has 2 aromatic rings. The summed E-state index contributed by atoms with van der Waals surface area (Å²) in [5.41, 5.74) is 9.47. The Morgan fingerprint density at radius 1 is 1.16 bits per heavy atom. The van der Waals surface area contributed by atoms with Gasteiger partial charge in [0.25, 0.3) is 5.91 Å². The second-order valence-electron chi connectivity index (χ2n) is 5.50. The highest BCUT2D eigenvalue weighted by Crippen LogP contribution is 2.19. The fourth-order valence-corrected chi connectivity index (χ4v) is 3.60. The van der Waals surface area contributed by atoms with Crippen molar-refractivity contribution >= 4 is 32.7 Å². The van der Waals surface area contributed by atoms with Gasteiger partial charge in [0.05, 0.1) is 4.90 Å². The number of rotatable bonds is 6. The average molecular weight is 363 g/mol. The summed E-state index contributed by atoms with van der Waals surface area (Å²) in [6.45, 7) is 1.84. The molecule has 0 radical (unpaired) electrons. The van der Waals surface area contributed by atoms with Crippen LogP contribution in [-0.4, -0.2) is 26.3 Å². The molecule has 0 spiro atoms. The topological polar surface area (TPSA) is 137 Å². The molecule has 0 aliphatic rings. The summed E-state index contributed by atoms with van der Waals surface area (Å²) < 4.78 is 27.7. The Hall–Kier alpha value is -2.65. The zero-order valence-electron chi connectivity index (χ0n) is 13.7. The quantitative estimate of drug-likeness (QED) is 0.294. The van der Waals surface area contributed by atoms with Crippen molar-refractivity contribution in [3.63, 3.8) is 0 Å². The first-order valence-corrected chi connectivity index (χ1v) is 9.23. The fraction of sp³-hybridized carbons (Fsp3) is 0.250. The fourth-order valence-electron chi connectivity index (χ4n) is 2.34. The molecule has 2 rings (SSSR count). The van der Waals surface area contributed by atoms with Gasteiger partial charge in [-0.15, -0.1) is 0 Å². The van der Waals surface area contributed by atoms with E-state index in [1.807, 2.05) is 31.2 Å². The summed E-state index contributed by atoms with van der Waals surface area (Å²) in [6.07, 6.45) is 0.899. The highest BCUT2D eigenvalue weighted by atomic mass is 32.2. The van der Waals surface area contributed by atoms with E-state index in [1.54, 1.807) is 12.1 Å². The lowest BCUT2D eigenvalue weighted by Gasteiger charge is -2.18. The van der Waals surface area contributed by atoms with Crippen molar-refractivity contribution in [1.82, 2.24) is 15.6 Å². The van der Waals surface area contributed by atoms with E-state index < -0.39 is 27.9 Å². The molecule has 6 N–H and O–H groups in total. The molecular formula is C16H21N5O3S. The summed E-state index contributed by atoms with van der Waals surface area (Å²) in [6, 6.07) is 11.2. The van der Waals surface area contributed by atoms with Crippen LogP contribution in [0.15, 0.2) is 47.4 Å². The van der Waals surface area contributed by atoms with Gasteiger partial charge in [-0.25, -0.2) is 8.42 Å². The van der Waals surface area contributed by atoms with Gasteiger partial charge in [0.2, 0.25) is 16.0 Å². The molecule has 0 saturated heterocycles. The third-order valence-electron chi connectivity index (χ3n) is 3.54. The van der Waals surface area contributed by atoms with Crippen LogP contribution in [0.5, 0.6) is 0 Å². The number of amides is 1. The number of nitrogens with two attached hydrogens (primary N) is 1. The van der Waals surface area contributed by atoms with Crippen molar-refractivity contribution in [1.29, 1.82) is 5.41 Å². The lowest BCUT2D eigenvalue weighted by atomic mass is 10.1. The van der Waals surface area contributed by atoms with E-state index in [4.69, 9.17) is 11.1 Å². The molecule has 0 aromatic heterocycles. The number of hydrogen-bond acceptors (Lipinski definition) is 4. The predicted octanol–water partition coefficient (Wildman–Crippen LogP) is 0.801. The van der Waals surface area contributed by atoms with E-state index >= 15 is 0 Å². The number of guanidine groups is 1. The van der Waals surface area contributed by atoms with Crippen molar-refractivity contribution in [2.24, 2.45) is 5.73 Å². The summed E-state index contributed by atoms with van der Waals surface area (Å²) >= 11 is 0. The monoisotopic (exact) mass is 363 g/mol. The zero-order valence-corrected chi connectivity index (χ0v) is 14.6. The van der Waals surface area contributed by atoms with Crippen molar-refractivity contribution in [2.45, 2.75) is 30.7 Å². The molecule has 134 valence electrons. The van der Waals surface area contributed by atoms with E-state index in [9.17, 15) is 13.2 Å². The number of fused-ring (bicyclic) bond motifs is 1. The lowest BCUT2D eigenvalue weighted by molar-refractivity contribution is -0.123. The number of carbonyl (C=O) groups excluding carboxylic acids is 1. The Morgan fingerprint density at radius 3 is 2.48 bits per heavy atom. The second-order valence-corrected chi connectivity index (χ2v) is 7.21. The molecule has 2 aromatic carbocycles. The first kappa shape index (κ1) is 18.7. The average Bonchev–Trinajstić information content (AvgIpc) is 2.58. The smallest absolute Gasteiger partial charge is 0.256 e. The van der Waals surface area contributed by atoms with Crippen LogP contribution < -0.4 is 21.3 Å². The number of nitrogens with one attached hydrogen (secondary N) is 4. The van der Waals surface area contributed by atoms with Crippen LogP contribution in [0.2, 0.25) is 0 Å². The van der Waals surface area contributed by atoms with E-state index in [0.717, 1.165) is 10.8 Å². The largest absolute Gasteiger partial charge is 0.369 e. The number of hydrogen-bond donors (Lipinski definition) is 5. The predicted molar refractivity (Wildman–Crippen MR) is 96.2 cm³/mol. The summed E-state index contributed by atoms with van der Waals surface area (Å²) in [7, 11) is -3.88. The maximum atomic E-state index is 12.6. The van der Waals surface area contributed by atoms with Crippen LogP contribution in [0, 0.1) is 5.41 Å². The third-order valence-corrected chi connectivity index (χ3v) is 5.01. The lowest BCUT2D eigenvalue weighted by Crippen LogP contribution is -2.53. The normalized spacial score (nSPS) is 12.5. The molecule has 0 saturated carbocycles. The molecule has 0 heterocycles. The Morgan fingerprint density at radius 2 is 1.84 bits per heavy atom. The number of benzene rings is 2. The molecule has 1 amide bonds. The highest BCUT2D eigenvalue weighted by molar-refractivity contribution is 7.89. The second kappa shape index (κ2) is 7.95. The van der Waals surface area contributed by atoms with Crippen molar-refractivity contribution in [3.05, 3.63) is 42.5 Å². The Balaban J connectivity index is 2.22.